The lowest BCUT2D eigenvalue weighted by Crippen LogP contribution is -2.27. The fourth-order valence-electron chi connectivity index (χ4n) is 1.72. The number of hydrogen-bond donors (Lipinski definition) is 1. The lowest BCUT2D eigenvalue weighted by Gasteiger charge is -2.14. The number of aromatic nitrogens is 1. The van der Waals surface area contributed by atoms with E-state index in [1.165, 1.54) is 23.1 Å². The number of carbonyl (C=O) groups is 2. The van der Waals surface area contributed by atoms with E-state index in [2.05, 4.69) is 31.1 Å². The highest BCUT2D eigenvalue weighted by Crippen LogP contribution is 2.26. The summed E-state index contributed by atoms with van der Waals surface area (Å²) in [6, 6.07) is 0. The molecule has 7 heteroatoms. The Balaban J connectivity index is 1.82. The molecule has 0 aromatic carbocycles. The van der Waals surface area contributed by atoms with Crippen LogP contribution >= 0.6 is 23.1 Å². The Morgan fingerprint density at radius 3 is 2.80 bits per heavy atom. The Kier molecular flexibility index (Phi) is 4.70. The first-order chi connectivity index (χ1) is 9.36. The van der Waals surface area contributed by atoms with Crippen LogP contribution in [0, 0.1) is 0 Å². The molecule has 1 saturated heterocycles. The molecule has 0 spiro atoms. The maximum absolute atomic E-state index is 11.8. The number of nitrogens with one attached hydrogen (secondary N) is 1. The van der Waals surface area contributed by atoms with Gasteiger partial charge in [0, 0.05) is 36.1 Å². The summed E-state index contributed by atoms with van der Waals surface area (Å²) in [5, 5.41) is 5.46. The summed E-state index contributed by atoms with van der Waals surface area (Å²) in [5.74, 6) is 0.728. The van der Waals surface area contributed by atoms with Crippen LogP contribution in [0.5, 0.6) is 0 Å². The first-order valence-electron chi connectivity index (χ1n) is 6.54. The summed E-state index contributed by atoms with van der Waals surface area (Å²) in [6.45, 7) is 7.48. The number of thiazole rings is 1. The van der Waals surface area contributed by atoms with Gasteiger partial charge in [-0.05, 0) is 0 Å². The Morgan fingerprint density at radius 1 is 1.50 bits per heavy atom. The zero-order valence-corrected chi connectivity index (χ0v) is 13.6. The Morgan fingerprint density at radius 2 is 2.25 bits per heavy atom. The number of carbonyl (C=O) groups excluding carboxylic acids is 2. The van der Waals surface area contributed by atoms with E-state index in [1.54, 1.807) is 4.90 Å². The van der Waals surface area contributed by atoms with Gasteiger partial charge in [-0.3, -0.25) is 9.59 Å². The maximum Gasteiger partial charge on any atom is 0.281 e. The Labute approximate surface area is 127 Å². The van der Waals surface area contributed by atoms with E-state index in [0.29, 0.717) is 18.1 Å². The van der Waals surface area contributed by atoms with Gasteiger partial charge in [0.15, 0.2) is 5.13 Å². The number of amides is 2. The highest BCUT2D eigenvalue weighted by atomic mass is 32.2. The van der Waals surface area contributed by atoms with E-state index >= 15 is 0 Å². The third kappa shape index (κ3) is 3.96. The minimum absolute atomic E-state index is 0.0152. The highest BCUT2D eigenvalue weighted by Gasteiger charge is 2.22. The molecule has 0 aliphatic carbocycles. The van der Waals surface area contributed by atoms with Crippen molar-refractivity contribution in [2.24, 2.45) is 0 Å². The smallest absolute Gasteiger partial charge is 0.281 e. The van der Waals surface area contributed by atoms with Gasteiger partial charge < -0.3 is 10.2 Å². The molecule has 2 heterocycles. The number of rotatable bonds is 4. The fourth-order valence-corrected chi connectivity index (χ4v) is 3.53. The Hall–Kier alpha value is -1.08. The summed E-state index contributed by atoms with van der Waals surface area (Å²) in [7, 11) is 0. The number of thioether (sulfide) groups is 1. The van der Waals surface area contributed by atoms with Crippen molar-refractivity contribution in [3.05, 3.63) is 11.1 Å². The van der Waals surface area contributed by atoms with Crippen LogP contribution < -0.4 is 5.32 Å². The molecule has 2 amide bonds. The molecule has 1 aliphatic rings. The van der Waals surface area contributed by atoms with E-state index in [-0.39, 0.29) is 16.6 Å². The summed E-state index contributed by atoms with van der Waals surface area (Å²) in [5.41, 5.74) is 0.961. The molecule has 2 rings (SSSR count). The van der Waals surface area contributed by atoms with Gasteiger partial charge in [0.1, 0.15) is 0 Å². The van der Waals surface area contributed by atoms with E-state index < -0.39 is 0 Å². The first kappa shape index (κ1) is 15.3. The monoisotopic (exact) mass is 313 g/mol. The zero-order valence-electron chi connectivity index (χ0n) is 11.9. The summed E-state index contributed by atoms with van der Waals surface area (Å²) in [6.07, 6.45) is 0.316. The van der Waals surface area contributed by atoms with Crippen LogP contribution in [0.3, 0.4) is 0 Å². The van der Waals surface area contributed by atoms with E-state index in [0.717, 1.165) is 18.0 Å². The standard InChI is InChI=1S/C13H19N3O2S2/c1-13(2,3)9-8-20-11(14-9)15-10(17)4-5-16-6-7-19-12(16)18/h8H,4-7H2,1-3H3,(H,14,15,17). The summed E-state index contributed by atoms with van der Waals surface area (Å²) in [4.78, 5) is 29.4. The van der Waals surface area contributed by atoms with Crippen molar-refractivity contribution in [2.75, 3.05) is 24.2 Å². The second kappa shape index (κ2) is 6.13. The molecule has 5 nitrogen and oxygen atoms in total. The summed E-state index contributed by atoms with van der Waals surface area (Å²) < 4.78 is 0. The molecule has 0 unspecified atom stereocenters. The topological polar surface area (TPSA) is 62.3 Å². The van der Waals surface area contributed by atoms with Crippen molar-refractivity contribution < 1.29 is 9.59 Å². The highest BCUT2D eigenvalue weighted by molar-refractivity contribution is 8.13. The molecular weight excluding hydrogens is 294 g/mol. The number of hydrogen-bond acceptors (Lipinski definition) is 5. The van der Waals surface area contributed by atoms with Gasteiger partial charge in [0.2, 0.25) is 5.91 Å². The summed E-state index contributed by atoms with van der Waals surface area (Å²) >= 11 is 2.75. The van der Waals surface area contributed by atoms with Crippen molar-refractivity contribution in [3.8, 4) is 0 Å². The lowest BCUT2D eigenvalue weighted by molar-refractivity contribution is -0.116. The van der Waals surface area contributed by atoms with Gasteiger partial charge in [-0.1, -0.05) is 32.5 Å². The fraction of sp³-hybridized carbons (Fsp3) is 0.615. The molecule has 1 aromatic rings. The van der Waals surface area contributed by atoms with Gasteiger partial charge in [0.05, 0.1) is 5.69 Å². The number of anilines is 1. The quantitative estimate of drug-likeness (QED) is 0.928. The largest absolute Gasteiger partial charge is 0.332 e. The number of nitrogens with zero attached hydrogens (tertiary/aromatic N) is 2. The van der Waals surface area contributed by atoms with Gasteiger partial charge in [0.25, 0.3) is 5.24 Å². The predicted octanol–water partition coefficient (Wildman–Crippen LogP) is 2.94. The lowest BCUT2D eigenvalue weighted by atomic mass is 9.93. The molecule has 20 heavy (non-hydrogen) atoms. The minimum Gasteiger partial charge on any atom is -0.332 e. The van der Waals surface area contributed by atoms with Crippen LogP contribution in [-0.4, -0.2) is 39.9 Å². The SMILES string of the molecule is CC(C)(C)c1csc(NC(=O)CCN2CCSC2=O)n1. The predicted molar refractivity (Wildman–Crippen MR) is 83.5 cm³/mol. The molecule has 0 bridgehead atoms. The van der Waals surface area contributed by atoms with Crippen molar-refractivity contribution >= 4 is 39.4 Å². The molecule has 0 atom stereocenters. The van der Waals surface area contributed by atoms with Crippen molar-refractivity contribution in [1.82, 2.24) is 9.88 Å². The molecule has 1 aromatic heterocycles. The minimum atomic E-state index is -0.0930. The van der Waals surface area contributed by atoms with Crippen molar-refractivity contribution in [2.45, 2.75) is 32.6 Å². The molecule has 1 N–H and O–H groups in total. The molecule has 110 valence electrons. The van der Waals surface area contributed by atoms with Crippen molar-refractivity contribution in [1.29, 1.82) is 0 Å². The second-order valence-corrected chi connectivity index (χ2v) is 7.59. The van der Waals surface area contributed by atoms with E-state index in [9.17, 15) is 9.59 Å². The second-order valence-electron chi connectivity index (χ2n) is 5.69. The van der Waals surface area contributed by atoms with E-state index in [1.807, 2.05) is 5.38 Å². The van der Waals surface area contributed by atoms with Crippen LogP contribution in [-0.2, 0) is 10.2 Å². The average Bonchev–Trinajstić information content (AvgIpc) is 2.95. The van der Waals surface area contributed by atoms with E-state index in [4.69, 9.17) is 0 Å². The maximum atomic E-state index is 11.8. The third-order valence-corrected chi connectivity index (χ3v) is 4.62. The van der Waals surface area contributed by atoms with Gasteiger partial charge in [-0.15, -0.1) is 11.3 Å². The molecular formula is C13H19N3O2S2. The molecule has 1 fully saturated rings. The molecule has 1 aliphatic heterocycles. The van der Waals surface area contributed by atoms with Crippen LogP contribution in [0.2, 0.25) is 0 Å². The van der Waals surface area contributed by atoms with Gasteiger partial charge in [-0.2, -0.15) is 0 Å². The van der Waals surface area contributed by atoms with Crippen molar-refractivity contribution in [3.63, 3.8) is 0 Å². The van der Waals surface area contributed by atoms with Gasteiger partial charge >= 0.3 is 0 Å². The Bertz CT molecular complexity index is 508. The zero-order chi connectivity index (χ0) is 14.8. The average molecular weight is 313 g/mol. The molecule has 0 radical (unpaired) electrons. The van der Waals surface area contributed by atoms with Crippen LogP contribution in [0.25, 0.3) is 0 Å². The normalized spacial score (nSPS) is 15.8. The molecule has 0 saturated carbocycles. The van der Waals surface area contributed by atoms with Crippen LogP contribution in [0.4, 0.5) is 9.93 Å². The van der Waals surface area contributed by atoms with Crippen LogP contribution in [0.15, 0.2) is 5.38 Å². The van der Waals surface area contributed by atoms with Crippen LogP contribution in [0.1, 0.15) is 32.9 Å². The first-order valence-corrected chi connectivity index (χ1v) is 8.40. The third-order valence-electron chi connectivity index (χ3n) is 2.97. The van der Waals surface area contributed by atoms with Gasteiger partial charge in [-0.25, -0.2) is 4.98 Å².